The lowest BCUT2D eigenvalue weighted by molar-refractivity contribution is -0.142. The second-order valence-corrected chi connectivity index (χ2v) is 3.33. The van der Waals surface area contributed by atoms with Crippen LogP contribution < -0.4 is 5.73 Å². The van der Waals surface area contributed by atoms with Gasteiger partial charge in [-0.15, -0.1) is 0 Å². The van der Waals surface area contributed by atoms with Crippen LogP contribution in [0.25, 0.3) is 0 Å². The lowest BCUT2D eigenvalue weighted by Gasteiger charge is -2.18. The lowest BCUT2D eigenvalue weighted by atomic mass is 9.88. The van der Waals surface area contributed by atoms with E-state index in [1.54, 1.807) is 6.92 Å². The number of carbonyl (C=O) groups is 1. The number of carboxylic acids is 1. The van der Waals surface area contributed by atoms with Gasteiger partial charge in [0.15, 0.2) is 0 Å². The summed E-state index contributed by atoms with van der Waals surface area (Å²) in [4.78, 5) is 10.7. The van der Waals surface area contributed by atoms with Gasteiger partial charge in [0.05, 0.1) is 11.8 Å². The van der Waals surface area contributed by atoms with Gasteiger partial charge in [-0.3, -0.25) is 10.2 Å². The SMILES string of the molecule is CCCCC(C(=N)N)C(C)C(=O)O. The molecule has 0 aromatic carbocycles. The third-order valence-corrected chi connectivity index (χ3v) is 2.26. The van der Waals surface area contributed by atoms with Gasteiger partial charge in [-0.1, -0.05) is 26.7 Å². The van der Waals surface area contributed by atoms with Gasteiger partial charge < -0.3 is 10.8 Å². The van der Waals surface area contributed by atoms with Crippen LogP contribution >= 0.6 is 0 Å². The highest BCUT2D eigenvalue weighted by molar-refractivity contribution is 5.85. The van der Waals surface area contributed by atoms with E-state index in [0.29, 0.717) is 6.42 Å². The Morgan fingerprint density at radius 3 is 2.46 bits per heavy atom. The number of nitrogens with two attached hydrogens (primary N) is 1. The zero-order valence-corrected chi connectivity index (χ0v) is 8.21. The van der Waals surface area contributed by atoms with E-state index >= 15 is 0 Å². The van der Waals surface area contributed by atoms with Gasteiger partial charge >= 0.3 is 5.97 Å². The largest absolute Gasteiger partial charge is 0.481 e. The standard InChI is InChI=1S/C9H18N2O2/c1-3-4-5-7(8(10)11)6(2)9(12)13/h6-7H,3-5H2,1-2H3,(H3,10,11)(H,12,13). The fraction of sp³-hybridized carbons (Fsp3) is 0.778. The highest BCUT2D eigenvalue weighted by Crippen LogP contribution is 2.18. The van der Waals surface area contributed by atoms with E-state index in [9.17, 15) is 4.79 Å². The molecule has 0 amide bonds. The summed E-state index contributed by atoms with van der Waals surface area (Å²) in [5.74, 6) is -1.75. The molecule has 4 N–H and O–H groups in total. The smallest absolute Gasteiger partial charge is 0.306 e. The van der Waals surface area contributed by atoms with E-state index in [-0.39, 0.29) is 11.8 Å². The summed E-state index contributed by atoms with van der Waals surface area (Å²) < 4.78 is 0. The van der Waals surface area contributed by atoms with E-state index < -0.39 is 11.9 Å². The van der Waals surface area contributed by atoms with Gasteiger partial charge in [-0.25, -0.2) is 0 Å². The van der Waals surface area contributed by atoms with Gasteiger partial charge in [0.2, 0.25) is 0 Å². The molecule has 0 bridgehead atoms. The fourth-order valence-corrected chi connectivity index (χ4v) is 1.27. The molecule has 0 aromatic rings. The second kappa shape index (κ2) is 5.56. The van der Waals surface area contributed by atoms with Crippen molar-refractivity contribution in [2.45, 2.75) is 33.1 Å². The van der Waals surface area contributed by atoms with Crippen LogP contribution in [0, 0.1) is 17.2 Å². The summed E-state index contributed by atoms with van der Waals surface area (Å²) in [5.41, 5.74) is 5.34. The summed E-state index contributed by atoms with van der Waals surface area (Å²) in [6, 6.07) is 0. The normalized spacial score (nSPS) is 14.9. The number of amidine groups is 1. The summed E-state index contributed by atoms with van der Waals surface area (Å²) in [7, 11) is 0. The van der Waals surface area contributed by atoms with Crippen LogP contribution in [-0.4, -0.2) is 16.9 Å². The molecular formula is C9H18N2O2. The first-order chi connectivity index (χ1) is 6.00. The quantitative estimate of drug-likeness (QED) is 0.433. The predicted molar refractivity (Wildman–Crippen MR) is 51.7 cm³/mol. The lowest BCUT2D eigenvalue weighted by Crippen LogP contribution is -2.32. The predicted octanol–water partition coefficient (Wildman–Crippen LogP) is 1.45. The number of rotatable bonds is 6. The summed E-state index contributed by atoms with van der Waals surface area (Å²) in [6.45, 7) is 3.63. The molecule has 0 aliphatic rings. The number of unbranched alkanes of at least 4 members (excludes halogenated alkanes) is 1. The molecule has 76 valence electrons. The van der Waals surface area contributed by atoms with Gasteiger partial charge in [0, 0.05) is 5.92 Å². The van der Waals surface area contributed by atoms with Crippen LogP contribution in [-0.2, 0) is 4.79 Å². The minimum absolute atomic E-state index is 0.0108. The van der Waals surface area contributed by atoms with Crippen LogP contribution in [0.2, 0.25) is 0 Å². The minimum atomic E-state index is -0.878. The first-order valence-corrected chi connectivity index (χ1v) is 4.57. The Bertz CT molecular complexity index is 192. The van der Waals surface area contributed by atoms with Crippen molar-refractivity contribution in [1.29, 1.82) is 5.41 Å². The zero-order chi connectivity index (χ0) is 10.4. The van der Waals surface area contributed by atoms with Crippen molar-refractivity contribution in [2.24, 2.45) is 17.6 Å². The Labute approximate surface area is 78.6 Å². The van der Waals surface area contributed by atoms with E-state index in [0.717, 1.165) is 12.8 Å². The molecule has 0 heterocycles. The van der Waals surface area contributed by atoms with Crippen molar-refractivity contribution in [1.82, 2.24) is 0 Å². The van der Waals surface area contributed by atoms with Crippen molar-refractivity contribution in [3.8, 4) is 0 Å². The van der Waals surface area contributed by atoms with Crippen LogP contribution in [0.3, 0.4) is 0 Å². The van der Waals surface area contributed by atoms with Crippen molar-refractivity contribution >= 4 is 11.8 Å². The molecule has 0 radical (unpaired) electrons. The van der Waals surface area contributed by atoms with Crippen molar-refractivity contribution in [3.05, 3.63) is 0 Å². The number of hydrogen-bond donors (Lipinski definition) is 3. The van der Waals surface area contributed by atoms with Crippen molar-refractivity contribution in [2.75, 3.05) is 0 Å². The highest BCUT2D eigenvalue weighted by Gasteiger charge is 2.25. The molecule has 0 aliphatic carbocycles. The van der Waals surface area contributed by atoms with E-state index in [4.69, 9.17) is 16.2 Å². The van der Waals surface area contributed by atoms with Crippen LogP contribution in [0.15, 0.2) is 0 Å². The van der Waals surface area contributed by atoms with Crippen LogP contribution in [0.4, 0.5) is 0 Å². The average molecular weight is 186 g/mol. The second-order valence-electron chi connectivity index (χ2n) is 3.33. The molecule has 4 nitrogen and oxygen atoms in total. The molecule has 2 atom stereocenters. The highest BCUT2D eigenvalue weighted by atomic mass is 16.4. The van der Waals surface area contributed by atoms with Gasteiger partial charge in [-0.05, 0) is 6.42 Å². The molecule has 0 aliphatic heterocycles. The van der Waals surface area contributed by atoms with E-state index in [1.807, 2.05) is 6.92 Å². The van der Waals surface area contributed by atoms with Crippen molar-refractivity contribution < 1.29 is 9.90 Å². The Morgan fingerprint density at radius 1 is 1.62 bits per heavy atom. The van der Waals surface area contributed by atoms with Crippen LogP contribution in [0.1, 0.15) is 33.1 Å². The van der Waals surface area contributed by atoms with Crippen molar-refractivity contribution in [3.63, 3.8) is 0 Å². The first kappa shape index (κ1) is 11.9. The summed E-state index contributed by atoms with van der Waals surface area (Å²) >= 11 is 0. The monoisotopic (exact) mass is 186 g/mol. The Kier molecular flexibility index (Phi) is 5.11. The topological polar surface area (TPSA) is 87.2 Å². The van der Waals surface area contributed by atoms with E-state index in [1.165, 1.54) is 0 Å². The molecule has 0 rings (SSSR count). The molecule has 0 fully saturated rings. The van der Waals surface area contributed by atoms with E-state index in [2.05, 4.69) is 0 Å². The van der Waals surface area contributed by atoms with Gasteiger partial charge in [0.25, 0.3) is 0 Å². The first-order valence-electron chi connectivity index (χ1n) is 4.57. The molecule has 0 saturated carbocycles. The fourth-order valence-electron chi connectivity index (χ4n) is 1.27. The molecule has 13 heavy (non-hydrogen) atoms. The molecule has 4 heteroatoms. The number of aliphatic carboxylic acids is 1. The maximum atomic E-state index is 10.7. The zero-order valence-electron chi connectivity index (χ0n) is 8.21. The summed E-state index contributed by atoms with van der Waals surface area (Å²) in [5, 5.41) is 16.0. The third kappa shape index (κ3) is 3.92. The molecular weight excluding hydrogens is 168 g/mol. The number of hydrogen-bond acceptors (Lipinski definition) is 2. The Balaban J connectivity index is 4.24. The average Bonchev–Trinajstić information content (AvgIpc) is 2.04. The number of carboxylic acid groups (broad SMARTS) is 1. The summed E-state index contributed by atoms with van der Waals surface area (Å²) in [6.07, 6.45) is 2.61. The maximum absolute atomic E-state index is 10.7. The Morgan fingerprint density at radius 2 is 2.15 bits per heavy atom. The minimum Gasteiger partial charge on any atom is -0.481 e. The third-order valence-electron chi connectivity index (χ3n) is 2.26. The molecule has 0 spiro atoms. The molecule has 2 unspecified atom stereocenters. The van der Waals surface area contributed by atoms with Gasteiger partial charge in [-0.2, -0.15) is 0 Å². The molecule has 0 saturated heterocycles. The Hall–Kier alpha value is -1.06. The maximum Gasteiger partial charge on any atom is 0.306 e. The van der Waals surface area contributed by atoms with Crippen LogP contribution in [0.5, 0.6) is 0 Å². The molecule has 0 aromatic heterocycles. The number of nitrogens with one attached hydrogen (secondary N) is 1. The van der Waals surface area contributed by atoms with Gasteiger partial charge in [0.1, 0.15) is 0 Å².